The van der Waals surface area contributed by atoms with Crippen LogP contribution in [0, 0.1) is 0 Å². The van der Waals surface area contributed by atoms with Gasteiger partial charge in [0, 0.05) is 11.1 Å². The zero-order valence-electron chi connectivity index (χ0n) is 50.0. The summed E-state index contributed by atoms with van der Waals surface area (Å²) in [4.78, 5) is 21.0. The molecule has 0 aromatic heterocycles. The van der Waals surface area contributed by atoms with E-state index in [2.05, 4.69) is 33.0 Å². The Bertz CT molecular complexity index is 994. The lowest BCUT2D eigenvalue weighted by Crippen LogP contribution is -2.16. The molecule has 72 heavy (non-hydrogen) atoms. The molecule has 0 unspecified atom stereocenters. The Morgan fingerprint density at radius 1 is 0.278 bits per heavy atom. The molecule has 0 radical (unpaired) electrons. The smallest absolute Gasteiger partial charge is 0.330 e. The van der Waals surface area contributed by atoms with Crippen LogP contribution in [-0.4, -0.2) is 35.2 Å². The number of halogens is 1. The van der Waals surface area contributed by atoms with E-state index in [0.29, 0.717) is 11.1 Å². The van der Waals surface area contributed by atoms with Crippen LogP contribution in [0.4, 0.5) is 0 Å². The van der Waals surface area contributed by atoms with E-state index < -0.39 is 11.9 Å². The van der Waals surface area contributed by atoms with Crippen molar-refractivity contribution in [3.05, 3.63) is 23.3 Å². The first-order valence-electron chi connectivity index (χ1n) is 32.3. The lowest BCUT2D eigenvalue weighted by Gasteiger charge is -2.06. The van der Waals surface area contributed by atoms with Gasteiger partial charge in [-0.15, -0.1) is 17.0 Å². The lowest BCUT2D eigenvalue weighted by atomic mass is 10.0. The number of rotatable bonds is 56. The fourth-order valence-electron chi connectivity index (χ4n) is 9.44. The van der Waals surface area contributed by atoms with Gasteiger partial charge in [-0.1, -0.05) is 335 Å². The number of carboxylic acids is 2. The largest absolute Gasteiger partial charge is 0.478 e. The molecule has 6 heteroatoms. The van der Waals surface area contributed by atoms with Gasteiger partial charge in [0.1, 0.15) is 0 Å². The van der Waals surface area contributed by atoms with Crippen molar-refractivity contribution in [2.75, 3.05) is 13.1 Å². The molecule has 0 spiro atoms. The molecule has 5 nitrogen and oxygen atoms in total. The van der Waals surface area contributed by atoms with Crippen LogP contribution in [-0.2, 0) is 9.59 Å². The summed E-state index contributed by atoms with van der Waals surface area (Å²) in [6.07, 6.45) is 75.8. The van der Waals surface area contributed by atoms with Gasteiger partial charge in [-0.2, -0.15) is 0 Å². The number of hydrogen-bond acceptors (Lipinski definition) is 3. The summed E-state index contributed by atoms with van der Waals surface area (Å²) >= 11 is 0. The number of aliphatic carboxylic acids is 2. The van der Waals surface area contributed by atoms with Crippen LogP contribution in [0.3, 0.4) is 0 Å². The van der Waals surface area contributed by atoms with E-state index in [1.54, 1.807) is 13.8 Å². The quantitative estimate of drug-likeness (QED) is 0.0417. The maximum Gasteiger partial charge on any atom is 0.330 e. The fourth-order valence-corrected chi connectivity index (χ4v) is 9.44. The zero-order valence-corrected chi connectivity index (χ0v) is 51.7. The monoisotopic (exact) mass is 1080 g/mol. The fraction of sp³-hybridized carbons (Fsp3) is 0.909. The van der Waals surface area contributed by atoms with Gasteiger partial charge in [-0.25, -0.2) is 9.59 Å². The third-order valence-electron chi connectivity index (χ3n) is 14.6. The van der Waals surface area contributed by atoms with Crippen molar-refractivity contribution in [3.63, 3.8) is 0 Å². The second-order valence-corrected chi connectivity index (χ2v) is 22.0. The van der Waals surface area contributed by atoms with Gasteiger partial charge < -0.3 is 15.5 Å². The Balaban J connectivity index is -0.000000548. The molecule has 0 aliphatic rings. The van der Waals surface area contributed by atoms with Crippen molar-refractivity contribution in [1.29, 1.82) is 0 Å². The van der Waals surface area contributed by atoms with Crippen molar-refractivity contribution in [2.45, 2.75) is 375 Å². The minimum atomic E-state index is -0.791. The summed E-state index contributed by atoms with van der Waals surface area (Å²) in [5.74, 6) is -1.58. The number of nitrogens with one attached hydrogen (secondary N) is 1. The third-order valence-corrected chi connectivity index (χ3v) is 14.6. The summed E-state index contributed by atoms with van der Waals surface area (Å²) < 4.78 is 0. The topological polar surface area (TPSA) is 86.6 Å². The molecule has 0 atom stereocenters. The summed E-state index contributed by atoms with van der Waals surface area (Å²) in [6.45, 7) is 14.9. The Morgan fingerprint density at radius 2 is 0.431 bits per heavy atom. The Morgan fingerprint density at radius 3 is 0.597 bits per heavy atom. The van der Waals surface area contributed by atoms with Crippen molar-refractivity contribution < 1.29 is 19.8 Å². The minimum Gasteiger partial charge on any atom is -0.478 e. The second kappa shape index (κ2) is 71.9. The van der Waals surface area contributed by atoms with Crippen LogP contribution in [0.2, 0.25) is 0 Å². The van der Waals surface area contributed by atoms with Gasteiger partial charge in [0.15, 0.2) is 0 Å². The Hall–Kier alpha value is -1.14. The number of allylic oxidation sites excluding steroid dienone is 2. The van der Waals surface area contributed by atoms with E-state index in [-0.39, 0.29) is 17.0 Å². The highest BCUT2D eigenvalue weighted by Gasteiger charge is 2.01. The van der Waals surface area contributed by atoms with Crippen LogP contribution < -0.4 is 5.32 Å². The molecule has 0 saturated carbocycles. The first kappa shape index (κ1) is 77.4. The molecule has 432 valence electrons. The van der Waals surface area contributed by atoms with Crippen LogP contribution in [0.15, 0.2) is 23.3 Å². The highest BCUT2D eigenvalue weighted by Crippen LogP contribution is 2.17. The molecule has 0 aliphatic heterocycles. The normalized spacial score (nSPS) is 11.5. The molecule has 0 aliphatic carbocycles. The van der Waals surface area contributed by atoms with Crippen LogP contribution >= 0.6 is 17.0 Å². The van der Waals surface area contributed by atoms with E-state index in [0.717, 1.165) is 25.7 Å². The van der Waals surface area contributed by atoms with E-state index in [1.165, 1.54) is 321 Å². The van der Waals surface area contributed by atoms with Crippen LogP contribution in [0.5, 0.6) is 0 Å². The van der Waals surface area contributed by atoms with E-state index in [1.807, 2.05) is 12.2 Å². The van der Waals surface area contributed by atoms with Gasteiger partial charge in [-0.05, 0) is 65.5 Å². The van der Waals surface area contributed by atoms with E-state index >= 15 is 0 Å². The molecule has 0 aromatic rings. The van der Waals surface area contributed by atoms with Crippen LogP contribution in [0.1, 0.15) is 375 Å². The molecule has 0 saturated heterocycles. The van der Waals surface area contributed by atoms with Gasteiger partial charge >= 0.3 is 11.9 Å². The van der Waals surface area contributed by atoms with Gasteiger partial charge in [0.05, 0.1) is 0 Å². The predicted octanol–water partition coefficient (Wildman–Crippen LogP) is 23.6. The highest BCUT2D eigenvalue weighted by molar-refractivity contribution is 8.93. The molecule has 0 bridgehead atoms. The Labute approximate surface area is 463 Å². The molecule has 0 rings (SSSR count). The van der Waals surface area contributed by atoms with E-state index in [4.69, 9.17) is 10.2 Å². The maximum absolute atomic E-state index is 10.5. The highest BCUT2D eigenvalue weighted by atomic mass is 79.9. The molecule has 0 fully saturated rings. The molecule has 0 heterocycles. The van der Waals surface area contributed by atoms with Crippen molar-refractivity contribution in [2.24, 2.45) is 0 Å². The maximum atomic E-state index is 10.5. The van der Waals surface area contributed by atoms with Crippen molar-refractivity contribution in [1.82, 2.24) is 5.32 Å². The molecule has 0 amide bonds. The van der Waals surface area contributed by atoms with Gasteiger partial charge in [-0.3, -0.25) is 0 Å². The summed E-state index contributed by atoms with van der Waals surface area (Å²) in [5, 5.41) is 21.0. The van der Waals surface area contributed by atoms with Crippen molar-refractivity contribution in [3.8, 4) is 0 Å². The molecular weight excluding hydrogens is 951 g/mol. The number of carbonyl (C=O) groups is 2. The SMILES string of the molecule is Br.CCCCCCCCCCCC=C(C)C(=O)O.CCCCCCCCCCCC=C(C)C(=O)O.CCCCCCCCCCCCCCCCCCNCCCCCCCCCCCCCCCCCC. The number of hydrogen-bond donors (Lipinski definition) is 3. The lowest BCUT2D eigenvalue weighted by molar-refractivity contribution is -0.133. The van der Waals surface area contributed by atoms with Gasteiger partial charge in [0.25, 0.3) is 0 Å². The van der Waals surface area contributed by atoms with Gasteiger partial charge in [0.2, 0.25) is 0 Å². The summed E-state index contributed by atoms with van der Waals surface area (Å²) in [5.41, 5.74) is 0.953. The second-order valence-electron chi connectivity index (χ2n) is 22.0. The molecule has 3 N–H and O–H groups in total. The first-order chi connectivity index (χ1) is 34.8. The first-order valence-corrected chi connectivity index (χ1v) is 32.3. The average Bonchev–Trinajstić information content (AvgIpc) is 3.36. The van der Waals surface area contributed by atoms with Crippen molar-refractivity contribution >= 4 is 28.9 Å². The predicted molar refractivity (Wildman–Crippen MR) is 329 cm³/mol. The van der Waals surface area contributed by atoms with E-state index in [9.17, 15) is 9.59 Å². The summed E-state index contributed by atoms with van der Waals surface area (Å²) in [7, 11) is 0. The standard InChI is InChI=1S/C36H75N.2C15H28O2.BrH/c1-3-5-7-9-11-13-15-17-19-21-23-25-27-29-31-33-35-37-36-34-32-30-28-26-24-22-20-18-16-14-12-10-8-6-4-2;2*1-3-4-5-6-7-8-9-10-11-12-13-14(2)15(16)17;/h37H,3-36H2,1-2H3;2*13H,3-12H2,1-2H3,(H,16,17);1H. The number of carboxylic acid groups (broad SMARTS) is 2. The zero-order chi connectivity index (χ0) is 52.6. The van der Waals surface area contributed by atoms with Crippen LogP contribution in [0.25, 0.3) is 0 Å². The molecular formula is C66H132BrNO4. The third kappa shape index (κ3) is 75.4. The summed E-state index contributed by atoms with van der Waals surface area (Å²) in [6, 6.07) is 0. The number of unbranched alkanes of at least 4 members (excludes halogenated alkanes) is 48. The molecule has 0 aromatic carbocycles. The Kier molecular flexibility index (Phi) is 77.3. The minimum absolute atomic E-state index is 0. The average molecular weight is 1080 g/mol.